The van der Waals surface area contributed by atoms with Crippen molar-refractivity contribution in [3.05, 3.63) is 107 Å². The quantitative estimate of drug-likeness (QED) is 0.296. The highest BCUT2D eigenvalue weighted by atomic mass is 16.5. The molecule has 0 bridgehead atoms. The lowest BCUT2D eigenvalue weighted by Crippen LogP contribution is -2.42. The van der Waals surface area contributed by atoms with Gasteiger partial charge in [-0.05, 0) is 48.9 Å². The van der Waals surface area contributed by atoms with E-state index in [9.17, 15) is 14.7 Å². The number of carbonyl (C=O) groups excluding carboxylic acids is 1. The van der Waals surface area contributed by atoms with E-state index in [1.165, 1.54) is 16.6 Å². The topological polar surface area (TPSA) is 123 Å². The van der Waals surface area contributed by atoms with Crippen LogP contribution in [0.1, 0.15) is 24.6 Å². The number of para-hydroxylation sites is 1. The summed E-state index contributed by atoms with van der Waals surface area (Å²) in [5.41, 5.74) is 0.604. The number of methoxy groups -OCH3 is 1. The van der Waals surface area contributed by atoms with Crippen molar-refractivity contribution in [3.8, 4) is 11.4 Å². The third kappa shape index (κ3) is 4.83. The lowest BCUT2D eigenvalue weighted by Gasteiger charge is -2.28. The number of benzene rings is 2. The molecule has 3 heterocycles. The third-order valence-electron chi connectivity index (χ3n) is 7.15. The fourth-order valence-electron chi connectivity index (χ4n) is 5.00. The number of rotatable bonds is 10. The number of hydrogen-bond acceptors (Lipinski definition) is 7. The maximum atomic E-state index is 14.0. The molecule has 2 atom stereocenters. The minimum atomic E-state index is -1.87. The van der Waals surface area contributed by atoms with Crippen molar-refractivity contribution in [1.82, 2.24) is 19.6 Å². The Hall–Kier alpha value is -4.54. The Morgan fingerprint density at radius 1 is 1.07 bits per heavy atom. The SMILES string of the molecule is COc1cccn(-c2ccc3c(c2)[C@](O)([C@@H](C)/C=C/CCn2cc(CCO)nn2)C(=O)N3c2ccccc2)c1=O. The zero-order valence-corrected chi connectivity index (χ0v) is 22.3. The van der Waals surface area contributed by atoms with Crippen LogP contribution in [0.5, 0.6) is 5.75 Å². The molecule has 0 radical (unpaired) electrons. The van der Waals surface area contributed by atoms with Gasteiger partial charge in [-0.2, -0.15) is 0 Å². The smallest absolute Gasteiger partial charge is 0.297 e. The molecule has 0 aliphatic carbocycles. The maximum absolute atomic E-state index is 14.0. The fourth-order valence-corrected chi connectivity index (χ4v) is 5.00. The van der Waals surface area contributed by atoms with Crippen LogP contribution in [0.25, 0.3) is 5.69 Å². The zero-order valence-electron chi connectivity index (χ0n) is 22.3. The molecule has 0 unspecified atom stereocenters. The Morgan fingerprint density at radius 3 is 2.62 bits per heavy atom. The highest BCUT2D eigenvalue weighted by Gasteiger charge is 2.53. The number of aliphatic hydroxyl groups excluding tert-OH is 1. The van der Waals surface area contributed by atoms with Gasteiger partial charge >= 0.3 is 0 Å². The van der Waals surface area contributed by atoms with Crippen LogP contribution in [-0.2, 0) is 23.4 Å². The molecule has 2 N–H and O–H groups in total. The van der Waals surface area contributed by atoms with E-state index in [2.05, 4.69) is 10.3 Å². The summed E-state index contributed by atoms with van der Waals surface area (Å²) in [4.78, 5) is 28.4. The number of fused-ring (bicyclic) bond motifs is 1. The first-order chi connectivity index (χ1) is 19.4. The zero-order chi connectivity index (χ0) is 28.3. The second-order valence-electron chi connectivity index (χ2n) is 9.65. The Morgan fingerprint density at radius 2 is 1.88 bits per heavy atom. The summed E-state index contributed by atoms with van der Waals surface area (Å²) in [6.07, 6.45) is 8.19. The van der Waals surface area contributed by atoms with Crippen LogP contribution < -0.4 is 15.2 Å². The summed E-state index contributed by atoms with van der Waals surface area (Å²) in [7, 11) is 1.43. The molecule has 10 heteroatoms. The summed E-state index contributed by atoms with van der Waals surface area (Å²) in [6.45, 7) is 2.37. The molecular weight excluding hydrogens is 510 g/mol. The largest absolute Gasteiger partial charge is 0.491 e. The van der Waals surface area contributed by atoms with Gasteiger partial charge in [-0.25, -0.2) is 0 Å². The van der Waals surface area contributed by atoms with Crippen molar-refractivity contribution < 1.29 is 19.7 Å². The Labute approximate surface area is 231 Å². The standard InChI is InChI=1S/C30H31N5O5/c1-21(9-6-7-16-33-20-22(15-18-36)31-32-33)30(39)25-19-24(34-17-8-12-27(40-2)28(34)37)13-14-26(25)35(29(30)38)23-10-4-3-5-11-23/h3-6,8-14,17,19-21,36,39H,7,15-16,18H2,1-2H3/b9-6+/t21-,30+/m0/s1. The van der Waals surface area contributed by atoms with Crippen LogP contribution in [0.4, 0.5) is 11.4 Å². The lowest BCUT2D eigenvalue weighted by molar-refractivity contribution is -0.138. The Bertz CT molecular complexity index is 1600. The van der Waals surface area contributed by atoms with Crippen LogP contribution in [0.15, 0.2) is 90.0 Å². The van der Waals surface area contributed by atoms with Crippen LogP contribution in [0.2, 0.25) is 0 Å². The second-order valence-corrected chi connectivity index (χ2v) is 9.65. The fraction of sp³-hybridized carbons (Fsp3) is 0.267. The Kier molecular flexibility index (Phi) is 7.63. The van der Waals surface area contributed by atoms with Crippen molar-refractivity contribution in [2.45, 2.75) is 31.9 Å². The van der Waals surface area contributed by atoms with Crippen LogP contribution >= 0.6 is 0 Å². The van der Waals surface area contributed by atoms with Crippen molar-refractivity contribution in [3.63, 3.8) is 0 Å². The normalized spacial score (nSPS) is 17.4. The van der Waals surface area contributed by atoms with Crippen molar-refractivity contribution >= 4 is 17.3 Å². The molecule has 0 saturated carbocycles. The molecule has 2 aromatic heterocycles. The number of anilines is 2. The summed E-state index contributed by atoms with van der Waals surface area (Å²) in [6, 6.07) is 17.7. The van der Waals surface area contributed by atoms with Gasteiger partial charge in [0.05, 0.1) is 18.5 Å². The van der Waals surface area contributed by atoms with E-state index in [1.54, 1.807) is 54.3 Å². The number of allylic oxidation sites excluding steroid dienone is 1. The van der Waals surface area contributed by atoms with Gasteiger partial charge in [-0.1, -0.05) is 42.5 Å². The number of carbonyl (C=O) groups is 1. The Balaban J connectivity index is 1.49. The monoisotopic (exact) mass is 541 g/mol. The van der Waals surface area contributed by atoms with Crippen molar-refractivity contribution in [2.24, 2.45) is 5.92 Å². The molecule has 0 fully saturated rings. The summed E-state index contributed by atoms with van der Waals surface area (Å²) in [5, 5.41) is 29.3. The molecule has 1 amide bonds. The minimum absolute atomic E-state index is 0.0123. The third-order valence-corrected chi connectivity index (χ3v) is 7.15. The number of ether oxygens (including phenoxy) is 1. The summed E-state index contributed by atoms with van der Waals surface area (Å²) in [5.74, 6) is -0.872. The average Bonchev–Trinajstić information content (AvgIpc) is 3.51. The molecular formula is C30H31N5O5. The van der Waals surface area contributed by atoms with Crippen LogP contribution in [0.3, 0.4) is 0 Å². The lowest BCUT2D eigenvalue weighted by atomic mass is 9.82. The summed E-state index contributed by atoms with van der Waals surface area (Å²) >= 11 is 0. The first-order valence-electron chi connectivity index (χ1n) is 13.1. The molecule has 0 saturated heterocycles. The highest BCUT2D eigenvalue weighted by molar-refractivity contribution is 6.12. The number of aryl methyl sites for hydroxylation is 1. The van der Waals surface area contributed by atoms with Gasteiger partial charge < -0.3 is 14.9 Å². The van der Waals surface area contributed by atoms with E-state index < -0.39 is 17.4 Å². The molecule has 10 nitrogen and oxygen atoms in total. The van der Waals surface area contributed by atoms with E-state index in [0.29, 0.717) is 47.7 Å². The number of pyridine rings is 1. The predicted octanol–water partition coefficient (Wildman–Crippen LogP) is 3.12. The molecule has 0 spiro atoms. The average molecular weight is 542 g/mol. The van der Waals surface area contributed by atoms with E-state index >= 15 is 0 Å². The van der Waals surface area contributed by atoms with Gasteiger partial charge in [-0.3, -0.25) is 23.7 Å². The van der Waals surface area contributed by atoms with Gasteiger partial charge in [0.1, 0.15) is 0 Å². The van der Waals surface area contributed by atoms with Gasteiger partial charge in [0.25, 0.3) is 11.5 Å². The summed E-state index contributed by atoms with van der Waals surface area (Å²) < 4.78 is 8.32. The van der Waals surface area contributed by atoms with Gasteiger partial charge in [0, 0.05) is 54.8 Å². The molecule has 4 aromatic rings. The minimum Gasteiger partial charge on any atom is -0.491 e. The van der Waals surface area contributed by atoms with Gasteiger partial charge in [-0.15, -0.1) is 5.10 Å². The second kappa shape index (κ2) is 11.3. The number of aliphatic hydroxyl groups is 2. The van der Waals surface area contributed by atoms with Crippen LogP contribution in [0, 0.1) is 5.92 Å². The maximum Gasteiger partial charge on any atom is 0.297 e. The molecule has 2 aromatic carbocycles. The first kappa shape index (κ1) is 27.0. The van der Waals surface area contributed by atoms with Gasteiger partial charge in [0.2, 0.25) is 0 Å². The van der Waals surface area contributed by atoms with Crippen LogP contribution in [-0.4, -0.2) is 49.4 Å². The molecule has 40 heavy (non-hydrogen) atoms. The van der Waals surface area contributed by atoms with E-state index in [-0.39, 0.29) is 17.9 Å². The number of nitrogens with zero attached hydrogens (tertiary/aromatic N) is 5. The molecule has 1 aliphatic heterocycles. The predicted molar refractivity (Wildman–Crippen MR) is 150 cm³/mol. The number of hydrogen-bond donors (Lipinski definition) is 2. The number of aromatic nitrogens is 4. The molecule has 206 valence electrons. The van der Waals surface area contributed by atoms with E-state index in [4.69, 9.17) is 9.84 Å². The van der Waals surface area contributed by atoms with E-state index in [1.807, 2.05) is 42.5 Å². The van der Waals surface area contributed by atoms with E-state index in [0.717, 1.165) is 0 Å². The van der Waals surface area contributed by atoms with Crippen molar-refractivity contribution in [1.29, 1.82) is 0 Å². The molecule has 5 rings (SSSR count). The highest BCUT2D eigenvalue weighted by Crippen LogP contribution is 2.48. The first-order valence-corrected chi connectivity index (χ1v) is 13.1. The van der Waals surface area contributed by atoms with Crippen molar-refractivity contribution in [2.75, 3.05) is 18.6 Å². The number of amides is 1. The van der Waals surface area contributed by atoms with Gasteiger partial charge in [0.15, 0.2) is 11.4 Å². The molecule has 1 aliphatic rings.